The molecule has 0 spiro atoms. The first-order valence-corrected chi connectivity index (χ1v) is 9.68. The average molecular weight is 379 g/mol. The van der Waals surface area contributed by atoms with E-state index in [0.29, 0.717) is 32.2 Å². The summed E-state index contributed by atoms with van der Waals surface area (Å²) in [7, 11) is 0. The van der Waals surface area contributed by atoms with Gasteiger partial charge in [0.2, 0.25) is 0 Å². The zero-order valence-corrected chi connectivity index (χ0v) is 16.2. The van der Waals surface area contributed by atoms with Crippen molar-refractivity contribution in [2.24, 2.45) is 5.92 Å². The first kappa shape index (κ1) is 18.3. The maximum atomic E-state index is 12.8. The molecule has 1 aromatic carbocycles. The molecule has 7 heteroatoms. The van der Waals surface area contributed by atoms with E-state index in [2.05, 4.69) is 34.0 Å². The molecule has 0 bridgehead atoms. The maximum Gasteiger partial charge on any atom is 0.318 e. The van der Waals surface area contributed by atoms with Crippen molar-refractivity contribution >= 4 is 23.1 Å². The Balaban J connectivity index is 1.38. The number of fused-ring (bicyclic) bond motifs is 1. The molecule has 1 aliphatic heterocycles. The van der Waals surface area contributed by atoms with Crippen LogP contribution in [0.2, 0.25) is 0 Å². The molecule has 3 aromatic rings. The quantitative estimate of drug-likeness (QED) is 0.751. The summed E-state index contributed by atoms with van der Waals surface area (Å²) in [4.78, 5) is 25.7. The van der Waals surface area contributed by atoms with Crippen LogP contribution < -0.4 is 10.2 Å². The summed E-state index contributed by atoms with van der Waals surface area (Å²) < 4.78 is 5.84. The van der Waals surface area contributed by atoms with Gasteiger partial charge in [0, 0.05) is 32.4 Å². The predicted octanol–water partition coefficient (Wildman–Crippen LogP) is 3.45. The first-order valence-electron chi connectivity index (χ1n) is 9.68. The van der Waals surface area contributed by atoms with Gasteiger partial charge in [0.15, 0.2) is 5.58 Å². The Labute approximate surface area is 164 Å². The Bertz CT molecular complexity index is 899. The van der Waals surface area contributed by atoms with Gasteiger partial charge in [-0.05, 0) is 30.2 Å². The van der Waals surface area contributed by atoms with E-state index in [1.807, 2.05) is 47.4 Å². The number of pyridine rings is 1. The summed E-state index contributed by atoms with van der Waals surface area (Å²) in [6, 6.07) is 14.0. The topological polar surface area (TPSA) is 74.5 Å². The van der Waals surface area contributed by atoms with Crippen molar-refractivity contribution in [2.45, 2.75) is 19.9 Å². The van der Waals surface area contributed by atoms with E-state index in [4.69, 9.17) is 4.42 Å². The lowest BCUT2D eigenvalue weighted by atomic mass is 10.0. The zero-order chi connectivity index (χ0) is 19.5. The Kier molecular flexibility index (Phi) is 5.14. The van der Waals surface area contributed by atoms with Gasteiger partial charge in [-0.1, -0.05) is 32.0 Å². The summed E-state index contributed by atoms with van der Waals surface area (Å²) in [5.74, 6) is 0.250. The van der Waals surface area contributed by atoms with Crippen LogP contribution in [0.5, 0.6) is 0 Å². The molecule has 2 amide bonds. The van der Waals surface area contributed by atoms with Crippen molar-refractivity contribution in [1.29, 1.82) is 0 Å². The Morgan fingerprint density at radius 3 is 2.50 bits per heavy atom. The summed E-state index contributed by atoms with van der Waals surface area (Å²) in [6.45, 7) is 6.80. The van der Waals surface area contributed by atoms with Gasteiger partial charge < -0.3 is 19.5 Å². The lowest BCUT2D eigenvalue weighted by Crippen LogP contribution is -2.52. The van der Waals surface area contributed by atoms with Crippen LogP contribution in [0.4, 0.5) is 10.8 Å². The fourth-order valence-corrected chi connectivity index (χ4v) is 3.46. The number of benzene rings is 1. The normalized spacial score (nSPS) is 15.8. The molecule has 146 valence electrons. The highest BCUT2D eigenvalue weighted by atomic mass is 16.4. The molecule has 7 nitrogen and oxygen atoms in total. The number of urea groups is 1. The van der Waals surface area contributed by atoms with Crippen molar-refractivity contribution in [2.75, 3.05) is 31.1 Å². The van der Waals surface area contributed by atoms with Crippen LogP contribution in [-0.2, 0) is 0 Å². The molecule has 3 heterocycles. The van der Waals surface area contributed by atoms with Crippen molar-refractivity contribution in [3.63, 3.8) is 0 Å². The van der Waals surface area contributed by atoms with E-state index in [-0.39, 0.29) is 18.0 Å². The van der Waals surface area contributed by atoms with Crippen LogP contribution >= 0.6 is 0 Å². The van der Waals surface area contributed by atoms with E-state index >= 15 is 0 Å². The van der Waals surface area contributed by atoms with Crippen LogP contribution in [0.1, 0.15) is 25.6 Å². The number of hydrogen-bond acceptors (Lipinski definition) is 5. The summed E-state index contributed by atoms with van der Waals surface area (Å²) in [5.41, 5.74) is 2.52. The minimum Gasteiger partial charge on any atom is -0.423 e. The van der Waals surface area contributed by atoms with Gasteiger partial charge in [0.25, 0.3) is 6.01 Å². The average Bonchev–Trinajstić information content (AvgIpc) is 3.16. The number of anilines is 1. The van der Waals surface area contributed by atoms with Gasteiger partial charge in [-0.25, -0.2) is 4.79 Å². The summed E-state index contributed by atoms with van der Waals surface area (Å²) in [6.07, 6.45) is 1.76. The number of rotatable bonds is 4. The van der Waals surface area contributed by atoms with Crippen LogP contribution in [-0.4, -0.2) is 47.1 Å². The fraction of sp³-hybridized carbons (Fsp3) is 0.381. The van der Waals surface area contributed by atoms with Gasteiger partial charge in [-0.3, -0.25) is 4.98 Å². The monoisotopic (exact) mass is 379 g/mol. The van der Waals surface area contributed by atoms with Crippen molar-refractivity contribution in [3.8, 4) is 0 Å². The van der Waals surface area contributed by atoms with Crippen LogP contribution in [0.3, 0.4) is 0 Å². The molecule has 28 heavy (non-hydrogen) atoms. The maximum absolute atomic E-state index is 12.8. The number of oxazole rings is 1. The molecule has 1 atom stereocenters. The number of amides is 2. The summed E-state index contributed by atoms with van der Waals surface area (Å²) >= 11 is 0. The number of carbonyl (C=O) groups is 1. The van der Waals surface area contributed by atoms with E-state index < -0.39 is 0 Å². The molecule has 1 aliphatic rings. The molecular weight excluding hydrogens is 354 g/mol. The van der Waals surface area contributed by atoms with Crippen LogP contribution in [0.25, 0.3) is 11.1 Å². The van der Waals surface area contributed by atoms with E-state index in [1.165, 1.54) is 0 Å². The first-order chi connectivity index (χ1) is 13.6. The highest BCUT2D eigenvalue weighted by Gasteiger charge is 2.27. The SMILES string of the molecule is CC(C)C(NC(=O)N1CCN(c2nc3ccccc3o2)CC1)c1ccccn1. The number of aromatic nitrogens is 2. The van der Waals surface area contributed by atoms with E-state index in [0.717, 1.165) is 16.8 Å². The Hall–Kier alpha value is -3.09. The number of para-hydroxylation sites is 2. The number of carbonyl (C=O) groups excluding carboxylic acids is 1. The minimum absolute atomic E-state index is 0.0541. The second-order valence-corrected chi connectivity index (χ2v) is 7.36. The van der Waals surface area contributed by atoms with Crippen LogP contribution in [0, 0.1) is 5.92 Å². The van der Waals surface area contributed by atoms with Gasteiger partial charge >= 0.3 is 6.03 Å². The molecule has 0 aliphatic carbocycles. The second-order valence-electron chi connectivity index (χ2n) is 7.36. The van der Waals surface area contributed by atoms with Crippen molar-refractivity contribution in [3.05, 3.63) is 54.4 Å². The molecule has 1 unspecified atom stereocenters. The third-order valence-electron chi connectivity index (χ3n) is 5.07. The molecule has 1 saturated heterocycles. The van der Waals surface area contributed by atoms with E-state index in [9.17, 15) is 4.79 Å². The minimum atomic E-state index is -0.108. The van der Waals surface area contributed by atoms with Crippen molar-refractivity contribution < 1.29 is 9.21 Å². The number of nitrogens with zero attached hydrogens (tertiary/aromatic N) is 4. The van der Waals surface area contributed by atoms with Gasteiger partial charge in [-0.15, -0.1) is 0 Å². The lowest BCUT2D eigenvalue weighted by Gasteiger charge is -2.35. The smallest absolute Gasteiger partial charge is 0.318 e. The standard InChI is InChI=1S/C21H25N5O2/c1-15(2)19(17-8-5-6-10-22-17)24-20(27)25-11-13-26(14-12-25)21-23-16-7-3-4-9-18(16)28-21/h3-10,15,19H,11-14H2,1-2H3,(H,24,27). The molecule has 4 rings (SSSR count). The zero-order valence-electron chi connectivity index (χ0n) is 16.2. The molecule has 1 fully saturated rings. The Morgan fingerprint density at radius 2 is 1.82 bits per heavy atom. The number of hydrogen-bond donors (Lipinski definition) is 1. The van der Waals surface area contributed by atoms with Crippen molar-refractivity contribution in [1.82, 2.24) is 20.2 Å². The number of nitrogens with one attached hydrogen (secondary N) is 1. The molecule has 0 radical (unpaired) electrons. The molecule has 2 aromatic heterocycles. The fourth-order valence-electron chi connectivity index (χ4n) is 3.46. The highest BCUT2D eigenvalue weighted by molar-refractivity contribution is 5.76. The lowest BCUT2D eigenvalue weighted by molar-refractivity contribution is 0.185. The van der Waals surface area contributed by atoms with Gasteiger partial charge in [-0.2, -0.15) is 4.98 Å². The second kappa shape index (κ2) is 7.88. The molecular formula is C21H25N5O2. The van der Waals surface area contributed by atoms with Gasteiger partial charge in [0.1, 0.15) is 5.52 Å². The predicted molar refractivity (Wildman–Crippen MR) is 108 cm³/mol. The third-order valence-corrected chi connectivity index (χ3v) is 5.07. The van der Waals surface area contributed by atoms with E-state index in [1.54, 1.807) is 6.20 Å². The van der Waals surface area contributed by atoms with Crippen LogP contribution in [0.15, 0.2) is 53.1 Å². The highest BCUT2D eigenvalue weighted by Crippen LogP contribution is 2.23. The molecule has 0 saturated carbocycles. The summed E-state index contributed by atoms with van der Waals surface area (Å²) in [5, 5.41) is 3.15. The van der Waals surface area contributed by atoms with Gasteiger partial charge in [0.05, 0.1) is 11.7 Å². The number of piperazine rings is 1. The third kappa shape index (κ3) is 3.78. The largest absolute Gasteiger partial charge is 0.423 e. The molecule has 1 N–H and O–H groups in total. The Morgan fingerprint density at radius 1 is 1.07 bits per heavy atom.